The van der Waals surface area contributed by atoms with Crippen LogP contribution in [0, 0.1) is 0 Å². The van der Waals surface area contributed by atoms with Crippen molar-refractivity contribution >= 4 is 5.97 Å². The molecule has 1 fully saturated rings. The van der Waals surface area contributed by atoms with Crippen molar-refractivity contribution in [2.75, 3.05) is 27.3 Å². The minimum atomic E-state index is -0.0335. The molecular weight excluding hydrogens is 462 g/mol. The van der Waals surface area contributed by atoms with Gasteiger partial charge in [0.1, 0.15) is 17.6 Å². The van der Waals surface area contributed by atoms with E-state index >= 15 is 0 Å². The summed E-state index contributed by atoms with van der Waals surface area (Å²) in [5.74, 6) is 1.82. The van der Waals surface area contributed by atoms with Gasteiger partial charge in [0.25, 0.3) is 0 Å². The second-order valence-electron chi connectivity index (χ2n) is 10.4. The van der Waals surface area contributed by atoms with E-state index in [1.807, 2.05) is 18.2 Å². The molecule has 5 heteroatoms. The van der Waals surface area contributed by atoms with E-state index in [1.54, 1.807) is 7.11 Å². The summed E-state index contributed by atoms with van der Waals surface area (Å²) >= 11 is 0. The molecule has 0 aromatic heterocycles. The molecule has 1 heterocycles. The molecule has 2 aromatic rings. The van der Waals surface area contributed by atoms with Crippen LogP contribution in [0.5, 0.6) is 11.5 Å². The molecule has 0 radical (unpaired) electrons. The van der Waals surface area contributed by atoms with Crippen molar-refractivity contribution in [2.24, 2.45) is 0 Å². The average molecular weight is 510 g/mol. The number of nitrogens with zero attached hydrogens (tertiary/aromatic N) is 1. The zero-order chi connectivity index (χ0) is 26.3. The van der Waals surface area contributed by atoms with Gasteiger partial charge in [-0.15, -0.1) is 0 Å². The molecule has 0 amide bonds. The smallest absolute Gasteiger partial charge is 0.306 e. The Kier molecular flexibility index (Phi) is 12.8. The number of hydrogen-bond donors (Lipinski definition) is 0. The number of hydrogen-bond acceptors (Lipinski definition) is 5. The number of unbranched alkanes of at least 4 members (excludes halogenated alkanes) is 6. The van der Waals surface area contributed by atoms with Gasteiger partial charge in [-0.05, 0) is 62.1 Å². The van der Waals surface area contributed by atoms with Crippen molar-refractivity contribution < 1.29 is 19.0 Å². The minimum absolute atomic E-state index is 0.00204. The van der Waals surface area contributed by atoms with Gasteiger partial charge >= 0.3 is 5.97 Å². The van der Waals surface area contributed by atoms with Crippen molar-refractivity contribution in [2.45, 2.75) is 96.1 Å². The molecule has 0 aliphatic carbocycles. The Morgan fingerprint density at radius 2 is 1.76 bits per heavy atom. The van der Waals surface area contributed by atoms with E-state index in [0.29, 0.717) is 19.1 Å². The predicted octanol–water partition coefficient (Wildman–Crippen LogP) is 7.01. The third kappa shape index (κ3) is 10.4. The molecule has 1 aliphatic heterocycles. The maximum atomic E-state index is 12.3. The van der Waals surface area contributed by atoms with Crippen LogP contribution in [-0.2, 0) is 22.4 Å². The van der Waals surface area contributed by atoms with E-state index in [2.05, 4.69) is 49.2 Å². The number of benzene rings is 2. The van der Waals surface area contributed by atoms with E-state index in [4.69, 9.17) is 14.2 Å². The zero-order valence-corrected chi connectivity index (χ0v) is 23.3. The standard InChI is InChI=1S/C32H47NO4/c1-4-5-6-7-8-9-10-18-32(34)37-30-24-28(33(2)25-30)21-22-36-31-17-12-11-15-27(31)20-19-26-14-13-16-29(23-26)35-3/h11-17,23,28,30H,4-10,18-22,24-25H2,1-3H3. The van der Waals surface area contributed by atoms with Crippen LogP contribution < -0.4 is 9.47 Å². The lowest BCUT2D eigenvalue weighted by Crippen LogP contribution is -2.27. The molecule has 1 aliphatic rings. The number of ether oxygens (including phenoxy) is 3. The Morgan fingerprint density at radius 1 is 0.973 bits per heavy atom. The Morgan fingerprint density at radius 3 is 2.57 bits per heavy atom. The van der Waals surface area contributed by atoms with Gasteiger partial charge in [0.05, 0.1) is 13.7 Å². The van der Waals surface area contributed by atoms with E-state index in [9.17, 15) is 4.79 Å². The molecule has 2 atom stereocenters. The predicted molar refractivity (Wildman–Crippen MR) is 150 cm³/mol. The minimum Gasteiger partial charge on any atom is -0.497 e. The highest BCUT2D eigenvalue weighted by atomic mass is 16.5. The van der Waals surface area contributed by atoms with Gasteiger partial charge in [-0.3, -0.25) is 9.69 Å². The second kappa shape index (κ2) is 16.3. The van der Waals surface area contributed by atoms with Crippen molar-refractivity contribution in [3.8, 4) is 11.5 Å². The van der Waals surface area contributed by atoms with Gasteiger partial charge in [0.15, 0.2) is 0 Å². The Bertz CT molecular complexity index is 931. The first kappa shape index (κ1) is 29.0. The molecule has 204 valence electrons. The number of likely N-dealkylation sites (tertiary alicyclic amines) is 1. The lowest BCUT2D eigenvalue weighted by atomic mass is 10.0. The maximum Gasteiger partial charge on any atom is 0.306 e. The molecule has 0 N–H and O–H groups in total. The number of carbonyl (C=O) groups is 1. The quantitative estimate of drug-likeness (QED) is 0.170. The van der Waals surface area contributed by atoms with Crippen molar-refractivity contribution in [3.05, 3.63) is 59.7 Å². The molecule has 5 nitrogen and oxygen atoms in total. The summed E-state index contributed by atoms with van der Waals surface area (Å²) in [5, 5.41) is 0. The first-order valence-electron chi connectivity index (χ1n) is 14.3. The Balaban J connectivity index is 1.36. The van der Waals surface area contributed by atoms with Crippen LogP contribution >= 0.6 is 0 Å². The van der Waals surface area contributed by atoms with Gasteiger partial charge in [-0.1, -0.05) is 75.8 Å². The third-order valence-corrected chi connectivity index (χ3v) is 7.43. The fraction of sp³-hybridized carbons (Fsp3) is 0.594. The Hall–Kier alpha value is -2.53. The molecule has 0 bridgehead atoms. The van der Waals surface area contributed by atoms with E-state index in [1.165, 1.54) is 43.2 Å². The number of esters is 1. The molecule has 3 rings (SSSR count). The normalized spacial score (nSPS) is 17.6. The summed E-state index contributed by atoms with van der Waals surface area (Å²) in [5.41, 5.74) is 2.48. The molecule has 2 unspecified atom stereocenters. The monoisotopic (exact) mass is 509 g/mol. The van der Waals surface area contributed by atoms with Crippen molar-refractivity contribution in [1.29, 1.82) is 0 Å². The van der Waals surface area contributed by atoms with Crippen molar-refractivity contribution in [3.63, 3.8) is 0 Å². The molecule has 37 heavy (non-hydrogen) atoms. The van der Waals surface area contributed by atoms with Crippen LogP contribution in [0.25, 0.3) is 0 Å². The van der Waals surface area contributed by atoms with Crippen LogP contribution in [0.2, 0.25) is 0 Å². The number of likely N-dealkylation sites (N-methyl/N-ethyl adjacent to an activating group) is 1. The van der Waals surface area contributed by atoms with Gasteiger partial charge in [-0.2, -0.15) is 0 Å². The van der Waals surface area contributed by atoms with Crippen LogP contribution in [-0.4, -0.2) is 50.3 Å². The molecule has 0 spiro atoms. The molecule has 1 saturated heterocycles. The summed E-state index contributed by atoms with van der Waals surface area (Å²) in [4.78, 5) is 14.6. The molecule has 0 saturated carbocycles. The van der Waals surface area contributed by atoms with Crippen LogP contribution in [0.1, 0.15) is 82.3 Å². The van der Waals surface area contributed by atoms with Crippen LogP contribution in [0.3, 0.4) is 0 Å². The number of carbonyl (C=O) groups excluding carboxylic acids is 1. The number of aryl methyl sites for hydroxylation is 2. The SMILES string of the molecule is CCCCCCCCCC(=O)OC1CC(CCOc2ccccc2CCc2cccc(OC)c2)N(C)C1. The lowest BCUT2D eigenvalue weighted by molar-refractivity contribution is -0.148. The van der Waals surface area contributed by atoms with Crippen molar-refractivity contribution in [1.82, 2.24) is 4.90 Å². The molecule has 2 aromatic carbocycles. The number of methoxy groups -OCH3 is 1. The summed E-state index contributed by atoms with van der Waals surface area (Å²) in [6.45, 7) is 3.70. The van der Waals surface area contributed by atoms with Crippen LogP contribution in [0.15, 0.2) is 48.5 Å². The number of rotatable bonds is 17. The van der Waals surface area contributed by atoms with Gasteiger partial charge in [0.2, 0.25) is 0 Å². The maximum absolute atomic E-state index is 12.3. The fourth-order valence-corrected chi connectivity index (χ4v) is 5.19. The van der Waals surface area contributed by atoms with E-state index < -0.39 is 0 Å². The summed E-state index contributed by atoms with van der Waals surface area (Å²) < 4.78 is 17.4. The average Bonchev–Trinajstić information content (AvgIpc) is 3.25. The zero-order valence-electron chi connectivity index (χ0n) is 23.3. The molecular formula is C32H47NO4. The van der Waals surface area contributed by atoms with Gasteiger partial charge in [0, 0.05) is 25.4 Å². The Labute approximate surface area is 224 Å². The summed E-state index contributed by atoms with van der Waals surface area (Å²) in [7, 11) is 3.82. The highest BCUT2D eigenvalue weighted by Gasteiger charge is 2.31. The van der Waals surface area contributed by atoms with E-state index in [-0.39, 0.29) is 12.1 Å². The van der Waals surface area contributed by atoms with Crippen LogP contribution in [0.4, 0.5) is 0 Å². The summed E-state index contributed by atoms with van der Waals surface area (Å²) in [6.07, 6.45) is 12.7. The van der Waals surface area contributed by atoms with Gasteiger partial charge < -0.3 is 14.2 Å². The third-order valence-electron chi connectivity index (χ3n) is 7.43. The first-order valence-corrected chi connectivity index (χ1v) is 14.3. The lowest BCUT2D eigenvalue weighted by Gasteiger charge is -2.19. The largest absolute Gasteiger partial charge is 0.497 e. The topological polar surface area (TPSA) is 48.0 Å². The summed E-state index contributed by atoms with van der Waals surface area (Å²) in [6, 6.07) is 16.9. The van der Waals surface area contributed by atoms with Gasteiger partial charge in [-0.25, -0.2) is 0 Å². The second-order valence-corrected chi connectivity index (χ2v) is 10.4. The van der Waals surface area contributed by atoms with E-state index in [0.717, 1.165) is 56.6 Å². The highest BCUT2D eigenvalue weighted by Crippen LogP contribution is 2.25. The number of para-hydroxylation sites is 1. The highest BCUT2D eigenvalue weighted by molar-refractivity contribution is 5.69. The first-order chi connectivity index (χ1) is 18.1. The fourth-order valence-electron chi connectivity index (χ4n) is 5.19.